The largest absolute Gasteiger partial charge is 0.493 e. The van der Waals surface area contributed by atoms with E-state index in [1.165, 1.54) is 31.2 Å². The Morgan fingerprint density at radius 3 is 2.41 bits per heavy atom. The summed E-state index contributed by atoms with van der Waals surface area (Å²) in [6.45, 7) is 4.80. The van der Waals surface area contributed by atoms with Crippen molar-refractivity contribution in [2.45, 2.75) is 51.6 Å². The van der Waals surface area contributed by atoms with Gasteiger partial charge in [-0.15, -0.1) is 24.8 Å². The van der Waals surface area contributed by atoms with E-state index in [9.17, 15) is 0 Å². The molecule has 0 atom stereocenters. The molecule has 1 aliphatic heterocycles. The zero-order chi connectivity index (χ0) is 24.2. The van der Waals surface area contributed by atoms with E-state index in [0.29, 0.717) is 0 Å². The number of nitriles is 1. The van der Waals surface area contributed by atoms with E-state index in [2.05, 4.69) is 59.4 Å². The molecular weight excluding hydrogens is 507 g/mol. The zero-order valence-corrected chi connectivity index (χ0v) is 23.5. The predicted molar refractivity (Wildman–Crippen MR) is 152 cm³/mol. The fourth-order valence-corrected chi connectivity index (χ4v) is 5.08. The summed E-state index contributed by atoms with van der Waals surface area (Å²) in [6, 6.07) is 14.4. The van der Waals surface area contributed by atoms with Crippen molar-refractivity contribution in [3.63, 3.8) is 0 Å². The van der Waals surface area contributed by atoms with Gasteiger partial charge in [0.2, 0.25) is 0 Å². The van der Waals surface area contributed by atoms with Crippen LogP contribution in [0.25, 0.3) is 11.0 Å². The monoisotopic (exact) mass is 544 g/mol. The van der Waals surface area contributed by atoms with Gasteiger partial charge in [0.05, 0.1) is 29.5 Å². The number of fused-ring (bicyclic) bond motifs is 1. The first-order chi connectivity index (χ1) is 17.1. The Labute approximate surface area is 232 Å². The highest BCUT2D eigenvalue weighted by atomic mass is 35.5. The van der Waals surface area contributed by atoms with Crippen molar-refractivity contribution < 1.29 is 9.26 Å². The second kappa shape index (κ2) is 13.5. The van der Waals surface area contributed by atoms with Crippen molar-refractivity contribution in [3.8, 4) is 11.8 Å². The van der Waals surface area contributed by atoms with Crippen LogP contribution in [0.3, 0.4) is 0 Å². The van der Waals surface area contributed by atoms with Crippen LogP contribution >= 0.6 is 24.8 Å². The highest BCUT2D eigenvalue weighted by Gasteiger charge is 2.24. The second-order valence-electron chi connectivity index (χ2n) is 10.6. The summed E-state index contributed by atoms with van der Waals surface area (Å²) in [5.74, 6) is 2.38. The lowest BCUT2D eigenvalue weighted by Crippen LogP contribution is -2.33. The van der Waals surface area contributed by atoms with Crippen LogP contribution in [0.15, 0.2) is 40.9 Å². The van der Waals surface area contributed by atoms with Gasteiger partial charge in [-0.1, -0.05) is 17.3 Å². The maximum absolute atomic E-state index is 8.98. The minimum atomic E-state index is 0. The first-order valence-corrected chi connectivity index (χ1v) is 13.0. The second-order valence-corrected chi connectivity index (χ2v) is 10.6. The number of nitrogens with zero attached hydrogens (tertiary/aromatic N) is 4. The van der Waals surface area contributed by atoms with Crippen molar-refractivity contribution in [2.75, 3.05) is 33.8 Å². The van der Waals surface area contributed by atoms with Gasteiger partial charge in [-0.05, 0) is 107 Å². The third kappa shape index (κ3) is 7.61. The summed E-state index contributed by atoms with van der Waals surface area (Å²) >= 11 is 0. The summed E-state index contributed by atoms with van der Waals surface area (Å²) in [7, 11) is 4.16. The zero-order valence-electron chi connectivity index (χ0n) is 21.8. The van der Waals surface area contributed by atoms with Crippen LogP contribution in [0.2, 0.25) is 0 Å². The molecule has 0 bridgehead atoms. The molecule has 2 fully saturated rings. The van der Waals surface area contributed by atoms with E-state index < -0.39 is 0 Å². The molecule has 1 saturated heterocycles. The number of hydrogen-bond donors (Lipinski definition) is 0. The molecule has 1 aliphatic carbocycles. The Kier molecular flexibility index (Phi) is 10.7. The molecule has 200 valence electrons. The van der Waals surface area contributed by atoms with Crippen molar-refractivity contribution in [1.82, 2.24) is 15.0 Å². The van der Waals surface area contributed by atoms with E-state index in [-0.39, 0.29) is 24.8 Å². The maximum Gasteiger partial charge on any atom is 0.175 e. The van der Waals surface area contributed by atoms with Crippen LogP contribution < -0.4 is 4.74 Å². The maximum atomic E-state index is 8.98. The fourth-order valence-electron chi connectivity index (χ4n) is 5.08. The van der Waals surface area contributed by atoms with Crippen molar-refractivity contribution in [1.29, 1.82) is 5.26 Å². The van der Waals surface area contributed by atoms with Gasteiger partial charge in [0.1, 0.15) is 5.75 Å². The van der Waals surface area contributed by atoms with E-state index in [0.717, 1.165) is 91.0 Å². The third-order valence-corrected chi connectivity index (χ3v) is 7.41. The van der Waals surface area contributed by atoms with Crippen LogP contribution in [-0.2, 0) is 19.5 Å². The molecule has 2 aromatic carbocycles. The SMILES string of the molecule is CN(C)Cc1c(OCC2CC2)ccc2c(CCC3CCN(Cc4ccc(C#N)cc4)CC3)noc12.Cl.Cl. The molecule has 1 saturated carbocycles. The molecule has 0 amide bonds. The predicted octanol–water partition coefficient (Wildman–Crippen LogP) is 6.24. The number of benzene rings is 2. The number of hydrogen-bond acceptors (Lipinski definition) is 6. The average Bonchev–Trinajstić information content (AvgIpc) is 3.61. The van der Waals surface area contributed by atoms with Crippen LogP contribution in [0, 0.1) is 23.2 Å². The lowest BCUT2D eigenvalue weighted by atomic mass is 9.91. The van der Waals surface area contributed by atoms with Gasteiger partial charge in [-0.3, -0.25) is 4.90 Å². The molecular formula is C29H38Cl2N4O2. The lowest BCUT2D eigenvalue weighted by molar-refractivity contribution is 0.172. The summed E-state index contributed by atoms with van der Waals surface area (Å²) in [4.78, 5) is 4.69. The normalized spacial score (nSPS) is 16.3. The third-order valence-electron chi connectivity index (χ3n) is 7.41. The number of aromatic nitrogens is 1. The molecule has 5 rings (SSSR count). The molecule has 0 radical (unpaired) electrons. The molecule has 2 aliphatic rings. The van der Waals surface area contributed by atoms with Crippen molar-refractivity contribution in [3.05, 3.63) is 58.8 Å². The summed E-state index contributed by atoms with van der Waals surface area (Å²) in [6.07, 6.45) is 7.11. The molecule has 0 N–H and O–H groups in total. The van der Waals surface area contributed by atoms with Crippen molar-refractivity contribution in [2.24, 2.45) is 11.8 Å². The molecule has 0 unspecified atom stereocenters. The molecule has 2 heterocycles. The molecule has 3 aromatic rings. The van der Waals surface area contributed by atoms with Gasteiger partial charge in [-0.2, -0.15) is 5.26 Å². The standard InChI is InChI=1S/C29H36N4O2.2ClH/c1-32(2)19-26-28(34-20-24-7-8-24)12-10-25-27(31-35-29(25)26)11-9-21-13-15-33(16-14-21)18-23-5-3-22(17-30)4-6-23;;/h3-6,10,12,21,24H,7-9,11,13-16,18-20H2,1-2H3;2*1H. The van der Waals surface area contributed by atoms with E-state index >= 15 is 0 Å². The van der Waals surface area contributed by atoms with Crippen molar-refractivity contribution >= 4 is 35.8 Å². The summed E-state index contributed by atoms with van der Waals surface area (Å²) in [5, 5.41) is 14.6. The summed E-state index contributed by atoms with van der Waals surface area (Å²) < 4.78 is 12.1. The van der Waals surface area contributed by atoms with Gasteiger partial charge in [-0.25, -0.2) is 0 Å². The van der Waals surface area contributed by atoms with Gasteiger partial charge in [0.15, 0.2) is 5.58 Å². The number of ether oxygens (including phenoxy) is 1. The number of aryl methyl sites for hydroxylation is 1. The highest BCUT2D eigenvalue weighted by Crippen LogP contribution is 2.35. The van der Waals surface area contributed by atoms with Gasteiger partial charge in [0.25, 0.3) is 0 Å². The Morgan fingerprint density at radius 2 is 1.76 bits per heavy atom. The number of likely N-dealkylation sites (tertiary alicyclic amines) is 1. The number of rotatable bonds is 10. The van der Waals surface area contributed by atoms with E-state index in [4.69, 9.17) is 14.5 Å². The molecule has 6 nitrogen and oxygen atoms in total. The van der Waals surface area contributed by atoms with E-state index in [1.54, 1.807) is 0 Å². The van der Waals surface area contributed by atoms with Gasteiger partial charge in [0, 0.05) is 18.5 Å². The van der Waals surface area contributed by atoms with Crippen LogP contribution in [0.4, 0.5) is 0 Å². The van der Waals surface area contributed by atoms with Crippen LogP contribution in [0.5, 0.6) is 5.75 Å². The Morgan fingerprint density at radius 1 is 1.03 bits per heavy atom. The van der Waals surface area contributed by atoms with Gasteiger partial charge < -0.3 is 14.2 Å². The highest BCUT2D eigenvalue weighted by molar-refractivity contribution is 5.86. The minimum Gasteiger partial charge on any atom is -0.493 e. The van der Waals surface area contributed by atoms with Gasteiger partial charge >= 0.3 is 0 Å². The molecule has 8 heteroatoms. The Bertz CT molecular complexity index is 1180. The quantitative estimate of drug-likeness (QED) is 0.301. The fraction of sp³-hybridized carbons (Fsp3) is 0.517. The molecule has 1 aromatic heterocycles. The number of halogens is 2. The number of piperidine rings is 1. The first kappa shape index (κ1) is 29.3. The molecule has 37 heavy (non-hydrogen) atoms. The van der Waals surface area contributed by atoms with E-state index in [1.807, 2.05) is 12.1 Å². The van der Waals surface area contributed by atoms with Crippen LogP contribution in [-0.4, -0.2) is 48.7 Å². The summed E-state index contributed by atoms with van der Waals surface area (Å²) in [5.41, 5.74) is 5.09. The average molecular weight is 546 g/mol. The topological polar surface area (TPSA) is 65.5 Å². The lowest BCUT2D eigenvalue weighted by Gasteiger charge is -2.32. The Balaban J connectivity index is 0.00000190. The smallest absolute Gasteiger partial charge is 0.175 e. The van der Waals surface area contributed by atoms with Crippen LogP contribution in [0.1, 0.15) is 54.5 Å². The minimum absolute atomic E-state index is 0. The molecule has 0 spiro atoms. The first-order valence-electron chi connectivity index (χ1n) is 13.0. The Hall–Kier alpha value is -2.30.